The lowest BCUT2D eigenvalue weighted by Crippen LogP contribution is -2.53. The Balaban J connectivity index is 1.60. The predicted molar refractivity (Wildman–Crippen MR) is 94.2 cm³/mol. The number of H-pyrrole nitrogens is 1. The van der Waals surface area contributed by atoms with Crippen molar-refractivity contribution in [3.8, 4) is 0 Å². The van der Waals surface area contributed by atoms with Gasteiger partial charge in [-0.3, -0.25) is 4.79 Å². The number of nitrogens with zero attached hydrogens (tertiary/aromatic N) is 2. The molecule has 3 rings (SSSR count). The lowest BCUT2D eigenvalue weighted by molar-refractivity contribution is -0.131. The summed E-state index contributed by atoms with van der Waals surface area (Å²) in [5, 5.41) is 4.48. The minimum absolute atomic E-state index is 0.0573. The number of piperazine rings is 1. The monoisotopic (exact) mass is 348 g/mol. The molecule has 6 nitrogen and oxygen atoms in total. The number of halogens is 1. The second-order valence-corrected chi connectivity index (χ2v) is 6.32. The van der Waals surface area contributed by atoms with E-state index in [9.17, 15) is 9.59 Å². The van der Waals surface area contributed by atoms with E-state index < -0.39 is 0 Å². The van der Waals surface area contributed by atoms with Gasteiger partial charge >= 0.3 is 6.03 Å². The molecule has 128 valence electrons. The standard InChI is InChI=1S/C17H21ClN4O2/c1-2-19-17(24)22-7-5-21(6-8-22)16(23)9-12-11-20-15-10-13(18)3-4-14(12)15/h3-4,10-11,20H,2,5-9H2,1H3,(H,19,24). The Morgan fingerprint density at radius 3 is 2.62 bits per heavy atom. The number of carbonyl (C=O) groups is 2. The fourth-order valence-electron chi connectivity index (χ4n) is 3.00. The number of urea groups is 1. The third-order valence-electron chi connectivity index (χ3n) is 4.32. The summed E-state index contributed by atoms with van der Waals surface area (Å²) >= 11 is 5.98. The molecule has 2 heterocycles. The number of amides is 3. The number of aromatic amines is 1. The summed E-state index contributed by atoms with van der Waals surface area (Å²) in [6.07, 6.45) is 2.21. The van der Waals surface area contributed by atoms with Crippen molar-refractivity contribution in [3.63, 3.8) is 0 Å². The molecular weight excluding hydrogens is 328 g/mol. The molecule has 0 atom stereocenters. The second-order valence-electron chi connectivity index (χ2n) is 5.88. The van der Waals surface area contributed by atoms with Crippen molar-refractivity contribution >= 4 is 34.4 Å². The normalized spacial score (nSPS) is 14.9. The molecule has 1 aliphatic heterocycles. The number of hydrogen-bond donors (Lipinski definition) is 2. The van der Waals surface area contributed by atoms with Crippen LogP contribution >= 0.6 is 11.6 Å². The Labute approximate surface area is 145 Å². The van der Waals surface area contributed by atoms with Crippen molar-refractivity contribution in [2.24, 2.45) is 0 Å². The van der Waals surface area contributed by atoms with E-state index in [-0.39, 0.29) is 11.9 Å². The third-order valence-corrected chi connectivity index (χ3v) is 4.55. The zero-order valence-electron chi connectivity index (χ0n) is 13.6. The summed E-state index contributed by atoms with van der Waals surface area (Å²) in [6, 6.07) is 5.56. The lowest BCUT2D eigenvalue weighted by atomic mass is 10.1. The number of benzene rings is 1. The molecule has 24 heavy (non-hydrogen) atoms. The molecule has 0 radical (unpaired) electrons. The molecule has 1 saturated heterocycles. The minimum atomic E-state index is -0.0573. The molecule has 3 amide bonds. The van der Waals surface area contributed by atoms with E-state index in [1.54, 1.807) is 4.90 Å². The fourth-order valence-corrected chi connectivity index (χ4v) is 3.17. The summed E-state index contributed by atoms with van der Waals surface area (Å²) < 4.78 is 0. The van der Waals surface area contributed by atoms with Gasteiger partial charge in [-0.2, -0.15) is 0 Å². The van der Waals surface area contributed by atoms with Crippen LogP contribution in [0.25, 0.3) is 10.9 Å². The highest BCUT2D eigenvalue weighted by Crippen LogP contribution is 2.23. The average Bonchev–Trinajstić information content (AvgIpc) is 2.97. The van der Waals surface area contributed by atoms with E-state index in [4.69, 9.17) is 11.6 Å². The summed E-state index contributed by atoms with van der Waals surface area (Å²) in [5.41, 5.74) is 1.91. The maximum absolute atomic E-state index is 12.5. The van der Waals surface area contributed by atoms with E-state index in [1.807, 2.05) is 36.2 Å². The molecule has 1 aromatic heterocycles. The topological polar surface area (TPSA) is 68.4 Å². The largest absolute Gasteiger partial charge is 0.361 e. The van der Waals surface area contributed by atoms with Crippen LogP contribution in [0.3, 0.4) is 0 Å². The Bertz CT molecular complexity index is 750. The van der Waals surface area contributed by atoms with Crippen molar-refractivity contribution < 1.29 is 9.59 Å². The van der Waals surface area contributed by atoms with Crippen LogP contribution in [-0.2, 0) is 11.2 Å². The molecule has 2 N–H and O–H groups in total. The second kappa shape index (κ2) is 7.13. The average molecular weight is 349 g/mol. The van der Waals surface area contributed by atoms with E-state index in [1.165, 1.54) is 0 Å². The molecule has 0 bridgehead atoms. The quantitative estimate of drug-likeness (QED) is 0.893. The van der Waals surface area contributed by atoms with Gasteiger partial charge in [-0.25, -0.2) is 4.79 Å². The Morgan fingerprint density at radius 1 is 1.21 bits per heavy atom. The van der Waals surface area contributed by atoms with Crippen molar-refractivity contribution in [1.29, 1.82) is 0 Å². The molecule has 7 heteroatoms. The van der Waals surface area contributed by atoms with Gasteiger partial charge < -0.3 is 20.1 Å². The van der Waals surface area contributed by atoms with Gasteiger partial charge in [-0.1, -0.05) is 17.7 Å². The molecule has 0 saturated carbocycles. The summed E-state index contributed by atoms with van der Waals surface area (Å²) in [4.78, 5) is 31.1. The highest BCUT2D eigenvalue weighted by molar-refractivity contribution is 6.31. The molecule has 2 aromatic rings. The number of hydrogen-bond acceptors (Lipinski definition) is 2. The number of carbonyl (C=O) groups excluding carboxylic acids is 2. The minimum Gasteiger partial charge on any atom is -0.361 e. The van der Waals surface area contributed by atoms with Crippen molar-refractivity contribution in [1.82, 2.24) is 20.1 Å². The van der Waals surface area contributed by atoms with E-state index in [0.717, 1.165) is 16.5 Å². The van der Waals surface area contributed by atoms with E-state index in [0.29, 0.717) is 44.2 Å². The molecule has 0 aliphatic carbocycles. The van der Waals surface area contributed by atoms with Gasteiger partial charge in [0.2, 0.25) is 5.91 Å². The van der Waals surface area contributed by atoms with E-state index >= 15 is 0 Å². The van der Waals surface area contributed by atoms with Gasteiger partial charge in [0.15, 0.2) is 0 Å². The predicted octanol–water partition coefficient (Wildman–Crippen LogP) is 2.24. The van der Waals surface area contributed by atoms with Crippen LogP contribution in [0.5, 0.6) is 0 Å². The number of nitrogens with one attached hydrogen (secondary N) is 2. The maximum Gasteiger partial charge on any atom is 0.317 e. The first-order chi connectivity index (χ1) is 11.6. The van der Waals surface area contributed by atoms with Crippen molar-refractivity contribution in [3.05, 3.63) is 35.0 Å². The number of aromatic nitrogens is 1. The summed E-state index contributed by atoms with van der Waals surface area (Å²) in [7, 11) is 0. The van der Waals surface area contributed by atoms with Crippen LogP contribution in [0, 0.1) is 0 Å². The zero-order chi connectivity index (χ0) is 17.1. The van der Waals surface area contributed by atoms with E-state index in [2.05, 4.69) is 10.3 Å². The van der Waals surface area contributed by atoms with Crippen LogP contribution in [0.2, 0.25) is 5.02 Å². The fraction of sp³-hybridized carbons (Fsp3) is 0.412. The third kappa shape index (κ3) is 3.48. The Hall–Kier alpha value is -2.21. The first-order valence-electron chi connectivity index (χ1n) is 8.14. The van der Waals surface area contributed by atoms with Gasteiger partial charge in [-0.05, 0) is 24.6 Å². The Morgan fingerprint density at radius 2 is 1.92 bits per heavy atom. The molecule has 0 spiro atoms. The highest BCUT2D eigenvalue weighted by atomic mass is 35.5. The molecular formula is C17H21ClN4O2. The first kappa shape index (κ1) is 16.6. The van der Waals surface area contributed by atoms with Gasteiger partial charge in [0, 0.05) is 54.8 Å². The van der Waals surface area contributed by atoms with Gasteiger partial charge in [0.05, 0.1) is 6.42 Å². The number of fused-ring (bicyclic) bond motifs is 1. The number of rotatable bonds is 3. The van der Waals surface area contributed by atoms with Crippen LogP contribution < -0.4 is 5.32 Å². The molecule has 1 aliphatic rings. The van der Waals surface area contributed by atoms with Gasteiger partial charge in [0.1, 0.15) is 0 Å². The van der Waals surface area contributed by atoms with Crippen LogP contribution in [0.15, 0.2) is 24.4 Å². The first-order valence-corrected chi connectivity index (χ1v) is 8.52. The van der Waals surface area contributed by atoms with Crippen LogP contribution in [-0.4, -0.2) is 59.4 Å². The smallest absolute Gasteiger partial charge is 0.317 e. The lowest BCUT2D eigenvalue weighted by Gasteiger charge is -2.34. The van der Waals surface area contributed by atoms with Crippen molar-refractivity contribution in [2.75, 3.05) is 32.7 Å². The SMILES string of the molecule is CCNC(=O)N1CCN(C(=O)Cc2c[nH]c3cc(Cl)ccc23)CC1. The van der Waals surface area contributed by atoms with Crippen LogP contribution in [0.4, 0.5) is 4.79 Å². The summed E-state index contributed by atoms with van der Waals surface area (Å²) in [5.74, 6) is 0.0846. The maximum atomic E-state index is 12.5. The molecule has 1 aromatic carbocycles. The van der Waals surface area contributed by atoms with Gasteiger partial charge in [-0.15, -0.1) is 0 Å². The molecule has 0 unspecified atom stereocenters. The Kier molecular flexibility index (Phi) is 4.94. The summed E-state index contributed by atoms with van der Waals surface area (Å²) in [6.45, 7) is 4.80. The molecule has 1 fully saturated rings. The highest BCUT2D eigenvalue weighted by Gasteiger charge is 2.24. The van der Waals surface area contributed by atoms with Crippen LogP contribution in [0.1, 0.15) is 12.5 Å². The van der Waals surface area contributed by atoms with Crippen molar-refractivity contribution in [2.45, 2.75) is 13.3 Å². The zero-order valence-corrected chi connectivity index (χ0v) is 14.4. The van der Waals surface area contributed by atoms with Gasteiger partial charge in [0.25, 0.3) is 0 Å².